The van der Waals surface area contributed by atoms with E-state index in [2.05, 4.69) is 15.0 Å². The van der Waals surface area contributed by atoms with Crippen LogP contribution in [0.5, 0.6) is 0 Å². The third kappa shape index (κ3) is 2.79. The summed E-state index contributed by atoms with van der Waals surface area (Å²) >= 11 is 0. The fourth-order valence-corrected chi connectivity index (χ4v) is 1.32. The first-order valence-corrected chi connectivity index (χ1v) is 5.13. The van der Waals surface area contributed by atoms with E-state index in [1.807, 2.05) is 0 Å². The Hall–Kier alpha value is -2.50. The molecule has 0 saturated carbocycles. The number of aryl methyl sites for hydroxylation is 1. The fraction of sp³-hybridized carbons (Fsp3) is 0.0833. The monoisotopic (exact) mass is 247 g/mol. The van der Waals surface area contributed by atoms with E-state index in [0.717, 1.165) is 0 Å². The van der Waals surface area contributed by atoms with Crippen LogP contribution in [0.25, 0.3) is 0 Å². The average Bonchev–Trinajstić information content (AvgIpc) is 2.75. The standard InChI is InChI=1S/C12H10FN3O2/c1-16-8-14-7-11(16)12(17)18-15-6-9-3-2-4-10(13)5-9/h2-8H,1H3. The molecule has 0 bridgehead atoms. The molecule has 1 heterocycles. The lowest BCUT2D eigenvalue weighted by molar-refractivity contribution is 0.0508. The summed E-state index contributed by atoms with van der Waals surface area (Å²) in [6.07, 6.45) is 4.12. The molecule has 0 aliphatic rings. The molecule has 0 N–H and O–H groups in total. The number of oxime groups is 1. The minimum absolute atomic E-state index is 0.284. The first kappa shape index (κ1) is 12.0. The number of halogens is 1. The van der Waals surface area contributed by atoms with E-state index < -0.39 is 5.97 Å². The molecule has 0 aliphatic heterocycles. The molecule has 0 radical (unpaired) electrons. The first-order chi connectivity index (χ1) is 8.66. The SMILES string of the molecule is Cn1cncc1C(=O)ON=Cc1cccc(F)c1. The molecule has 0 fully saturated rings. The summed E-state index contributed by atoms with van der Waals surface area (Å²) in [5, 5.41) is 3.50. The summed E-state index contributed by atoms with van der Waals surface area (Å²) in [6, 6.07) is 5.78. The molecule has 0 saturated heterocycles. The summed E-state index contributed by atoms with van der Waals surface area (Å²) in [4.78, 5) is 20.0. The zero-order valence-corrected chi connectivity index (χ0v) is 9.58. The van der Waals surface area contributed by atoms with Crippen molar-refractivity contribution in [2.75, 3.05) is 0 Å². The lowest BCUT2D eigenvalue weighted by Gasteiger charge is -1.98. The van der Waals surface area contributed by atoms with Gasteiger partial charge >= 0.3 is 5.97 Å². The summed E-state index contributed by atoms with van der Waals surface area (Å²) < 4.78 is 14.4. The minimum Gasteiger partial charge on any atom is -0.328 e. The normalized spacial score (nSPS) is 10.8. The van der Waals surface area contributed by atoms with Crippen LogP contribution in [0.1, 0.15) is 16.1 Å². The van der Waals surface area contributed by atoms with Crippen LogP contribution in [0.3, 0.4) is 0 Å². The Balaban J connectivity index is 2.00. The van der Waals surface area contributed by atoms with Crippen molar-refractivity contribution in [2.24, 2.45) is 12.2 Å². The molecular weight excluding hydrogens is 237 g/mol. The van der Waals surface area contributed by atoms with Gasteiger partial charge in [0.1, 0.15) is 11.5 Å². The van der Waals surface area contributed by atoms with E-state index >= 15 is 0 Å². The Bertz CT molecular complexity index is 593. The van der Waals surface area contributed by atoms with E-state index in [4.69, 9.17) is 0 Å². The predicted molar refractivity (Wildman–Crippen MR) is 62.6 cm³/mol. The van der Waals surface area contributed by atoms with Gasteiger partial charge in [-0.2, -0.15) is 0 Å². The number of hydrogen-bond acceptors (Lipinski definition) is 4. The van der Waals surface area contributed by atoms with Crippen molar-refractivity contribution in [3.63, 3.8) is 0 Å². The van der Waals surface area contributed by atoms with Crippen LogP contribution in [-0.2, 0) is 11.9 Å². The van der Waals surface area contributed by atoms with Crippen LogP contribution in [0, 0.1) is 5.82 Å². The Morgan fingerprint density at radius 3 is 3.06 bits per heavy atom. The number of nitrogens with zero attached hydrogens (tertiary/aromatic N) is 3. The molecule has 1 aromatic heterocycles. The molecule has 92 valence electrons. The molecular formula is C12H10FN3O2. The topological polar surface area (TPSA) is 56.5 Å². The number of imidazole rings is 1. The van der Waals surface area contributed by atoms with Crippen LogP contribution < -0.4 is 0 Å². The van der Waals surface area contributed by atoms with Crippen molar-refractivity contribution in [2.45, 2.75) is 0 Å². The van der Waals surface area contributed by atoms with Crippen molar-refractivity contribution in [1.29, 1.82) is 0 Å². The number of rotatable bonds is 3. The lowest BCUT2D eigenvalue weighted by Crippen LogP contribution is -2.06. The third-order valence-corrected chi connectivity index (χ3v) is 2.21. The maximum atomic E-state index is 12.8. The second kappa shape index (κ2) is 5.22. The molecule has 1 aromatic carbocycles. The Morgan fingerprint density at radius 2 is 2.39 bits per heavy atom. The van der Waals surface area contributed by atoms with Gasteiger partial charge in [-0.05, 0) is 17.7 Å². The van der Waals surface area contributed by atoms with Gasteiger partial charge in [0, 0.05) is 7.05 Å². The number of aromatic nitrogens is 2. The van der Waals surface area contributed by atoms with Crippen molar-refractivity contribution in [3.05, 3.63) is 53.9 Å². The first-order valence-electron chi connectivity index (χ1n) is 5.13. The van der Waals surface area contributed by atoms with Crippen LogP contribution in [-0.4, -0.2) is 21.7 Å². The van der Waals surface area contributed by atoms with Gasteiger partial charge in [-0.1, -0.05) is 17.3 Å². The van der Waals surface area contributed by atoms with Crippen molar-refractivity contribution in [1.82, 2.24) is 9.55 Å². The number of carbonyl (C=O) groups excluding carboxylic acids is 1. The van der Waals surface area contributed by atoms with Gasteiger partial charge in [0.2, 0.25) is 0 Å². The average molecular weight is 247 g/mol. The number of hydrogen-bond donors (Lipinski definition) is 0. The smallest absolute Gasteiger partial charge is 0.328 e. The second-order valence-corrected chi connectivity index (χ2v) is 3.56. The highest BCUT2D eigenvalue weighted by atomic mass is 19.1. The molecule has 0 unspecified atom stereocenters. The maximum Gasteiger partial charge on any atom is 0.383 e. The van der Waals surface area contributed by atoms with Crippen LogP contribution >= 0.6 is 0 Å². The fourth-order valence-electron chi connectivity index (χ4n) is 1.32. The molecule has 2 aromatic rings. The Morgan fingerprint density at radius 1 is 1.56 bits per heavy atom. The molecule has 6 heteroatoms. The van der Waals surface area contributed by atoms with Crippen molar-refractivity contribution in [3.8, 4) is 0 Å². The largest absolute Gasteiger partial charge is 0.383 e. The van der Waals surface area contributed by atoms with Gasteiger partial charge in [0.05, 0.1) is 18.7 Å². The summed E-state index contributed by atoms with van der Waals surface area (Å²) in [5.41, 5.74) is 0.791. The highest BCUT2D eigenvalue weighted by Crippen LogP contribution is 2.02. The van der Waals surface area contributed by atoms with Crippen LogP contribution in [0.2, 0.25) is 0 Å². The zero-order chi connectivity index (χ0) is 13.0. The molecule has 5 nitrogen and oxygen atoms in total. The lowest BCUT2D eigenvalue weighted by atomic mass is 10.2. The van der Waals surface area contributed by atoms with Crippen LogP contribution in [0.15, 0.2) is 41.9 Å². The molecule has 18 heavy (non-hydrogen) atoms. The van der Waals surface area contributed by atoms with Gasteiger partial charge in [0.25, 0.3) is 0 Å². The molecule has 0 aliphatic carbocycles. The summed E-state index contributed by atoms with van der Waals surface area (Å²) in [6.45, 7) is 0. The maximum absolute atomic E-state index is 12.8. The number of benzene rings is 1. The minimum atomic E-state index is -0.623. The summed E-state index contributed by atoms with van der Waals surface area (Å²) in [5.74, 6) is -1.00. The highest BCUT2D eigenvalue weighted by molar-refractivity contribution is 5.88. The molecule has 0 atom stereocenters. The van der Waals surface area contributed by atoms with E-state index in [-0.39, 0.29) is 11.5 Å². The molecule has 2 rings (SSSR count). The molecule has 0 amide bonds. The van der Waals surface area contributed by atoms with E-state index in [0.29, 0.717) is 5.56 Å². The van der Waals surface area contributed by atoms with E-state index in [9.17, 15) is 9.18 Å². The van der Waals surface area contributed by atoms with Crippen molar-refractivity contribution < 1.29 is 14.0 Å². The van der Waals surface area contributed by atoms with Gasteiger partial charge < -0.3 is 9.40 Å². The second-order valence-electron chi connectivity index (χ2n) is 3.56. The van der Waals surface area contributed by atoms with Crippen molar-refractivity contribution >= 4 is 12.2 Å². The van der Waals surface area contributed by atoms with Crippen LogP contribution in [0.4, 0.5) is 4.39 Å². The third-order valence-electron chi connectivity index (χ3n) is 2.21. The number of carbonyl (C=O) groups is 1. The molecule has 0 spiro atoms. The quantitative estimate of drug-likeness (QED) is 0.471. The van der Waals surface area contributed by atoms with E-state index in [1.165, 1.54) is 35.4 Å². The van der Waals surface area contributed by atoms with Gasteiger partial charge in [-0.3, -0.25) is 0 Å². The van der Waals surface area contributed by atoms with Gasteiger partial charge in [-0.15, -0.1) is 0 Å². The highest BCUT2D eigenvalue weighted by Gasteiger charge is 2.10. The zero-order valence-electron chi connectivity index (χ0n) is 9.58. The van der Waals surface area contributed by atoms with E-state index in [1.54, 1.807) is 19.2 Å². The Kier molecular flexibility index (Phi) is 3.47. The predicted octanol–water partition coefficient (Wildman–Crippen LogP) is 1.75. The van der Waals surface area contributed by atoms with Gasteiger partial charge in [0.15, 0.2) is 0 Å². The van der Waals surface area contributed by atoms with Gasteiger partial charge in [-0.25, -0.2) is 14.2 Å². The summed E-state index contributed by atoms with van der Waals surface area (Å²) in [7, 11) is 1.67. The Labute approximate surface area is 103 Å².